The number of ether oxygens (including phenoxy) is 1. The van der Waals surface area contributed by atoms with Crippen molar-refractivity contribution in [2.75, 3.05) is 63.6 Å². The molecule has 2 N–H and O–H groups in total. The Balaban J connectivity index is 1.03. The van der Waals surface area contributed by atoms with E-state index in [0.29, 0.717) is 34.4 Å². The fraction of sp³-hybridized carbons (Fsp3) is 0.525. The van der Waals surface area contributed by atoms with Crippen molar-refractivity contribution < 1.29 is 14.6 Å². The van der Waals surface area contributed by atoms with Crippen LogP contribution in [0, 0.1) is 12.3 Å². The van der Waals surface area contributed by atoms with E-state index in [1.807, 2.05) is 43.3 Å². The number of aromatic nitrogens is 3. The number of anilines is 2. The number of fused-ring (bicyclic) bond motifs is 1. The molecule has 2 aromatic carbocycles. The van der Waals surface area contributed by atoms with Crippen molar-refractivity contribution in [1.29, 1.82) is 0 Å². The number of nitrogens with one attached hydrogen (secondary N) is 1. The Morgan fingerprint density at radius 1 is 0.900 bits per heavy atom. The lowest BCUT2D eigenvalue weighted by Crippen LogP contribution is -2.60. The summed E-state index contributed by atoms with van der Waals surface area (Å²) in [5.41, 5.74) is 6.50. The minimum Gasteiger partial charge on any atom is -0.496 e. The zero-order chi connectivity index (χ0) is 34.4. The molecule has 0 bridgehead atoms. The number of pyridine rings is 1. The fourth-order valence-electron chi connectivity index (χ4n) is 9.29. The number of para-hydroxylation sites is 1. The first-order chi connectivity index (χ1) is 24.3. The first-order valence-electron chi connectivity index (χ1n) is 18.6. The first kappa shape index (κ1) is 33.2. The Bertz CT molecular complexity index is 1840. The maximum absolute atomic E-state index is 13.9. The largest absolute Gasteiger partial charge is 0.496 e. The second kappa shape index (κ2) is 13.6. The van der Waals surface area contributed by atoms with E-state index >= 15 is 0 Å². The number of likely N-dealkylation sites (tertiary alicyclic amines) is 2. The Labute approximate surface area is 295 Å². The molecule has 4 fully saturated rings. The molecule has 10 nitrogen and oxygen atoms in total. The number of aliphatic hydroxyl groups excluding tert-OH is 1. The van der Waals surface area contributed by atoms with E-state index in [-0.39, 0.29) is 18.1 Å². The van der Waals surface area contributed by atoms with Gasteiger partial charge in [-0.2, -0.15) is 0 Å². The van der Waals surface area contributed by atoms with Crippen LogP contribution in [0.15, 0.2) is 54.6 Å². The third-order valence-electron chi connectivity index (χ3n) is 11.9. The van der Waals surface area contributed by atoms with Crippen LogP contribution in [-0.4, -0.2) is 101 Å². The maximum Gasteiger partial charge on any atom is 0.258 e. The molecule has 10 heteroatoms. The van der Waals surface area contributed by atoms with Gasteiger partial charge < -0.3 is 29.1 Å². The topological polar surface area (TPSA) is 99.0 Å². The summed E-state index contributed by atoms with van der Waals surface area (Å²) in [7, 11) is 3.89. The minimum atomic E-state index is -0.273. The molecule has 0 unspecified atom stereocenters. The first-order valence-corrected chi connectivity index (χ1v) is 18.6. The molecule has 3 saturated heterocycles. The Morgan fingerprint density at radius 2 is 1.64 bits per heavy atom. The van der Waals surface area contributed by atoms with Crippen molar-refractivity contribution in [1.82, 2.24) is 24.3 Å². The molecule has 4 aromatic rings. The number of aliphatic hydroxyl groups is 1. The van der Waals surface area contributed by atoms with Crippen molar-refractivity contribution in [3.8, 4) is 17.0 Å². The quantitative estimate of drug-likeness (QED) is 0.241. The number of amides is 1. The molecule has 4 aliphatic rings. The number of piperidine rings is 2. The molecule has 0 atom stereocenters. The van der Waals surface area contributed by atoms with Gasteiger partial charge in [0.15, 0.2) is 0 Å². The number of hydrogen-bond donors (Lipinski definition) is 2. The molecule has 5 heterocycles. The summed E-state index contributed by atoms with van der Waals surface area (Å²) in [5.74, 6) is 1.03. The number of rotatable bonds is 7. The number of aryl methyl sites for hydroxylation is 1. The summed E-state index contributed by atoms with van der Waals surface area (Å²) < 4.78 is 7.81. The number of carbonyl (C=O) groups is 1. The van der Waals surface area contributed by atoms with Gasteiger partial charge in [-0.15, -0.1) is 0 Å². The van der Waals surface area contributed by atoms with Crippen LogP contribution in [0.5, 0.6) is 5.75 Å². The SMILES string of the molecule is COc1ccccc1-c1cc(C(=O)Nc2nc3ccc(N4CCC(N5CCC6(CC5)CN(C)C6)CC4)cc3n2[C@H]2CC[C@@H](O)CC2)cc(C)n1. The van der Waals surface area contributed by atoms with Crippen LogP contribution in [0.2, 0.25) is 0 Å². The van der Waals surface area contributed by atoms with E-state index in [1.54, 1.807) is 7.11 Å². The second-order valence-corrected chi connectivity index (χ2v) is 15.4. The summed E-state index contributed by atoms with van der Waals surface area (Å²) in [6, 6.07) is 18.7. The number of hydrogen-bond acceptors (Lipinski definition) is 8. The van der Waals surface area contributed by atoms with Crippen LogP contribution in [0.25, 0.3) is 22.3 Å². The zero-order valence-corrected chi connectivity index (χ0v) is 29.8. The van der Waals surface area contributed by atoms with Gasteiger partial charge in [0, 0.05) is 60.8 Å². The smallest absolute Gasteiger partial charge is 0.258 e. The van der Waals surface area contributed by atoms with E-state index < -0.39 is 0 Å². The molecule has 50 heavy (non-hydrogen) atoms. The highest BCUT2D eigenvalue weighted by Crippen LogP contribution is 2.41. The van der Waals surface area contributed by atoms with Crippen molar-refractivity contribution in [3.63, 3.8) is 0 Å². The Hall–Kier alpha value is -3.99. The summed E-state index contributed by atoms with van der Waals surface area (Å²) in [5, 5.41) is 13.5. The lowest BCUT2D eigenvalue weighted by Gasteiger charge is -2.54. The highest BCUT2D eigenvalue weighted by molar-refractivity contribution is 6.05. The lowest BCUT2D eigenvalue weighted by molar-refractivity contribution is -0.0419. The van der Waals surface area contributed by atoms with E-state index in [4.69, 9.17) is 14.7 Å². The highest BCUT2D eigenvalue weighted by atomic mass is 16.5. The van der Waals surface area contributed by atoms with Crippen LogP contribution in [-0.2, 0) is 0 Å². The van der Waals surface area contributed by atoms with E-state index in [2.05, 4.69) is 49.8 Å². The molecule has 2 aromatic heterocycles. The van der Waals surface area contributed by atoms with Crippen molar-refractivity contribution >= 4 is 28.6 Å². The van der Waals surface area contributed by atoms with Gasteiger partial charge in [0.1, 0.15) is 5.75 Å². The fourth-order valence-corrected chi connectivity index (χ4v) is 9.29. The standard InChI is InChI=1S/C40H51N7O3/c1-27-22-28(23-35(41-27)33-6-4-5-7-37(33)50-3)38(49)43-39-42-34-13-10-31(24-36(34)47(39)30-8-11-32(48)12-9-30)45-18-14-29(15-19-45)46-20-16-40(17-21-46)25-44(2)26-40/h4-7,10,13,22-24,29-30,32,48H,8-9,11-12,14-21,25-26H2,1-3H3,(H,42,43,49)/t30-,32+. The van der Waals surface area contributed by atoms with Gasteiger partial charge in [-0.25, -0.2) is 4.98 Å². The van der Waals surface area contributed by atoms with Gasteiger partial charge in [-0.3, -0.25) is 15.1 Å². The Kier molecular flexibility index (Phi) is 9.03. The third kappa shape index (κ3) is 6.49. The van der Waals surface area contributed by atoms with Gasteiger partial charge in [0.2, 0.25) is 5.95 Å². The third-order valence-corrected chi connectivity index (χ3v) is 11.9. The van der Waals surface area contributed by atoms with Crippen LogP contribution in [0.4, 0.5) is 11.6 Å². The van der Waals surface area contributed by atoms with Crippen LogP contribution < -0.4 is 15.0 Å². The molecule has 1 saturated carbocycles. The normalized spacial score (nSPS) is 23.2. The van der Waals surface area contributed by atoms with Crippen LogP contribution in [0.3, 0.4) is 0 Å². The number of benzene rings is 2. The van der Waals surface area contributed by atoms with Gasteiger partial charge >= 0.3 is 0 Å². The average molecular weight is 678 g/mol. The van der Waals surface area contributed by atoms with E-state index in [9.17, 15) is 9.90 Å². The molecule has 8 rings (SSSR count). The van der Waals surface area contributed by atoms with E-state index in [1.165, 1.54) is 57.5 Å². The maximum atomic E-state index is 13.9. The summed E-state index contributed by atoms with van der Waals surface area (Å²) in [4.78, 5) is 31.4. The van der Waals surface area contributed by atoms with E-state index in [0.717, 1.165) is 61.1 Å². The average Bonchev–Trinajstić information content (AvgIpc) is 3.48. The molecule has 1 amide bonds. The summed E-state index contributed by atoms with van der Waals surface area (Å²) in [6.07, 6.45) is 7.95. The Morgan fingerprint density at radius 3 is 2.36 bits per heavy atom. The second-order valence-electron chi connectivity index (χ2n) is 15.4. The number of nitrogens with zero attached hydrogens (tertiary/aromatic N) is 6. The number of methoxy groups -OCH3 is 1. The van der Waals surface area contributed by atoms with Crippen molar-refractivity contribution in [3.05, 3.63) is 65.9 Å². The molecule has 0 radical (unpaired) electrons. The molecular formula is C40H51N7O3. The number of carbonyl (C=O) groups excluding carboxylic acids is 1. The van der Waals surface area contributed by atoms with Crippen LogP contribution in [0.1, 0.15) is 73.5 Å². The molecular weight excluding hydrogens is 626 g/mol. The van der Waals surface area contributed by atoms with Gasteiger partial charge in [0.25, 0.3) is 5.91 Å². The zero-order valence-electron chi connectivity index (χ0n) is 29.8. The predicted octanol–water partition coefficient (Wildman–Crippen LogP) is 6.14. The molecule has 3 aliphatic heterocycles. The summed E-state index contributed by atoms with van der Waals surface area (Å²) in [6.45, 7) is 9.04. The van der Waals surface area contributed by atoms with Crippen LogP contribution >= 0.6 is 0 Å². The highest BCUT2D eigenvalue weighted by Gasteiger charge is 2.44. The number of imidazole rings is 1. The van der Waals surface area contributed by atoms with Gasteiger partial charge in [-0.05, 0) is 126 Å². The molecule has 1 spiro atoms. The lowest BCUT2D eigenvalue weighted by atomic mass is 9.72. The van der Waals surface area contributed by atoms with Gasteiger partial charge in [-0.1, -0.05) is 12.1 Å². The minimum absolute atomic E-state index is 0.140. The predicted molar refractivity (Wildman–Crippen MR) is 198 cm³/mol. The molecule has 264 valence electrons. The monoisotopic (exact) mass is 677 g/mol. The van der Waals surface area contributed by atoms with Gasteiger partial charge in [0.05, 0.1) is 29.9 Å². The molecule has 1 aliphatic carbocycles. The van der Waals surface area contributed by atoms with Crippen molar-refractivity contribution in [2.24, 2.45) is 5.41 Å². The van der Waals surface area contributed by atoms with Crippen molar-refractivity contribution in [2.45, 2.75) is 76.5 Å². The summed E-state index contributed by atoms with van der Waals surface area (Å²) >= 11 is 0.